The van der Waals surface area contributed by atoms with Gasteiger partial charge in [0, 0.05) is 57.7 Å². The van der Waals surface area contributed by atoms with Crippen molar-refractivity contribution in [1.82, 2.24) is 20.2 Å². The summed E-state index contributed by atoms with van der Waals surface area (Å²) in [4.78, 5) is 25.5. The molecule has 1 aromatic heterocycles. The Labute approximate surface area is 209 Å². The molecule has 3 saturated heterocycles. The number of nitrogens with one attached hydrogen (secondary N) is 1. The first-order valence-corrected chi connectivity index (χ1v) is 13.1. The molecule has 36 heavy (non-hydrogen) atoms. The quantitative estimate of drug-likeness (QED) is 0.651. The number of halogens is 3. The molecule has 2 unspecified atom stereocenters. The van der Waals surface area contributed by atoms with Gasteiger partial charge in [0.2, 0.25) is 11.9 Å². The van der Waals surface area contributed by atoms with Crippen LogP contribution in [0.3, 0.4) is 0 Å². The summed E-state index contributed by atoms with van der Waals surface area (Å²) < 4.78 is 50.6. The van der Waals surface area contributed by atoms with Gasteiger partial charge < -0.3 is 24.6 Å². The summed E-state index contributed by atoms with van der Waals surface area (Å²) in [5.74, 6) is 0.887. The van der Waals surface area contributed by atoms with Gasteiger partial charge in [-0.2, -0.15) is 13.2 Å². The lowest BCUT2D eigenvalue weighted by Crippen LogP contribution is -2.55. The zero-order valence-corrected chi connectivity index (χ0v) is 20.8. The van der Waals surface area contributed by atoms with E-state index in [-0.39, 0.29) is 17.8 Å². The van der Waals surface area contributed by atoms with Gasteiger partial charge in [0.05, 0.1) is 18.6 Å². The molecule has 11 heteroatoms. The number of anilines is 1. The van der Waals surface area contributed by atoms with Crippen LogP contribution in [-0.2, 0) is 20.4 Å². The summed E-state index contributed by atoms with van der Waals surface area (Å²) in [6.45, 7) is 6.77. The van der Waals surface area contributed by atoms with Gasteiger partial charge in [-0.3, -0.25) is 4.79 Å². The summed E-state index contributed by atoms with van der Waals surface area (Å²) >= 11 is 0. The van der Waals surface area contributed by atoms with E-state index >= 15 is 0 Å². The molecule has 0 aromatic carbocycles. The molecule has 0 radical (unpaired) electrons. The molecule has 5 rings (SSSR count). The average molecular weight is 512 g/mol. The van der Waals surface area contributed by atoms with E-state index in [1.807, 2.05) is 4.90 Å². The van der Waals surface area contributed by atoms with Crippen molar-refractivity contribution in [2.45, 2.75) is 57.3 Å². The van der Waals surface area contributed by atoms with Crippen LogP contribution in [0.5, 0.6) is 0 Å². The first-order valence-electron chi connectivity index (χ1n) is 13.1. The minimum Gasteiger partial charge on any atom is -0.381 e. The number of piperazine rings is 1. The molecule has 8 nitrogen and oxygen atoms in total. The van der Waals surface area contributed by atoms with E-state index in [2.05, 4.69) is 22.2 Å². The first-order chi connectivity index (χ1) is 17.3. The van der Waals surface area contributed by atoms with Crippen LogP contribution in [0.4, 0.5) is 19.1 Å². The highest BCUT2D eigenvalue weighted by atomic mass is 19.4. The fraction of sp³-hybridized carbons (Fsp3) is 0.800. The lowest BCUT2D eigenvalue weighted by molar-refractivity contribution is -0.146. The fourth-order valence-corrected chi connectivity index (χ4v) is 6.44. The van der Waals surface area contributed by atoms with Crippen LogP contribution in [0.15, 0.2) is 12.3 Å². The molecule has 4 aliphatic rings. The minimum atomic E-state index is -4.51. The van der Waals surface area contributed by atoms with Gasteiger partial charge in [0.1, 0.15) is 5.69 Å². The molecule has 1 saturated carbocycles. The predicted octanol–water partition coefficient (Wildman–Crippen LogP) is 2.73. The standard InChI is InChI=1S/C25H36F3N5O3/c1-17-15-35-13-5-20(17)30-19-2-6-24(14-19,18-4-12-36-16-18)22(34)32-8-10-33(11-9-32)23-29-7-3-21(31-23)25(26,27)28/h3,7,17-20,30H,2,4-6,8-16H2,1H3/t17-,18?,19-,20?,24+/m1/s1. The Kier molecular flexibility index (Phi) is 7.42. The smallest absolute Gasteiger partial charge is 0.381 e. The number of rotatable bonds is 5. The van der Waals surface area contributed by atoms with Crippen LogP contribution < -0.4 is 10.2 Å². The van der Waals surface area contributed by atoms with Crippen molar-refractivity contribution >= 4 is 11.9 Å². The van der Waals surface area contributed by atoms with E-state index in [4.69, 9.17) is 9.47 Å². The molecule has 200 valence electrons. The van der Waals surface area contributed by atoms with Crippen LogP contribution in [0.2, 0.25) is 0 Å². The molecule has 1 N–H and O–H groups in total. The highest BCUT2D eigenvalue weighted by molar-refractivity contribution is 5.84. The van der Waals surface area contributed by atoms with Crippen LogP contribution >= 0.6 is 0 Å². The maximum Gasteiger partial charge on any atom is 0.433 e. The van der Waals surface area contributed by atoms with Crippen molar-refractivity contribution < 1.29 is 27.4 Å². The largest absolute Gasteiger partial charge is 0.433 e. The summed E-state index contributed by atoms with van der Waals surface area (Å²) in [6.07, 6.45) is 1.12. The number of carbonyl (C=O) groups is 1. The van der Waals surface area contributed by atoms with Crippen LogP contribution in [-0.4, -0.2) is 85.5 Å². The van der Waals surface area contributed by atoms with Gasteiger partial charge in [-0.05, 0) is 50.0 Å². The highest BCUT2D eigenvalue weighted by Gasteiger charge is 2.53. The van der Waals surface area contributed by atoms with Gasteiger partial charge >= 0.3 is 6.18 Å². The topological polar surface area (TPSA) is 79.8 Å². The van der Waals surface area contributed by atoms with E-state index in [1.54, 1.807) is 4.90 Å². The summed E-state index contributed by atoms with van der Waals surface area (Å²) in [5.41, 5.74) is -1.40. The number of carbonyl (C=O) groups excluding carboxylic acids is 1. The Hall–Kier alpha value is -1.98. The number of alkyl halides is 3. The monoisotopic (exact) mass is 511 g/mol. The van der Waals surface area contributed by atoms with Gasteiger partial charge in [0.15, 0.2) is 0 Å². The molecule has 0 spiro atoms. The molecular formula is C25H36F3N5O3. The van der Waals surface area contributed by atoms with E-state index in [1.165, 1.54) is 0 Å². The molecule has 4 heterocycles. The Morgan fingerprint density at radius 2 is 1.86 bits per heavy atom. The van der Waals surface area contributed by atoms with Gasteiger partial charge in [-0.25, -0.2) is 9.97 Å². The number of ether oxygens (including phenoxy) is 2. The Morgan fingerprint density at radius 3 is 2.56 bits per heavy atom. The zero-order chi connectivity index (χ0) is 25.3. The normalized spacial score (nSPS) is 33.8. The van der Waals surface area contributed by atoms with Gasteiger partial charge in [0.25, 0.3) is 0 Å². The van der Waals surface area contributed by atoms with E-state index in [0.717, 1.165) is 57.6 Å². The number of nitrogens with zero attached hydrogens (tertiary/aromatic N) is 4. The van der Waals surface area contributed by atoms with E-state index in [9.17, 15) is 18.0 Å². The van der Waals surface area contributed by atoms with Crippen molar-refractivity contribution in [2.24, 2.45) is 17.3 Å². The SMILES string of the molecule is C[C@@H]1COCCC1N[C@@H]1CC[C@@](C(=O)N2CCN(c3nccc(C(F)(F)F)n3)CC2)(C2CCOC2)C1. The van der Waals surface area contributed by atoms with Crippen LogP contribution in [0.1, 0.15) is 44.7 Å². The minimum absolute atomic E-state index is 0.0616. The third-order valence-electron chi connectivity index (χ3n) is 8.56. The molecule has 4 fully saturated rings. The van der Waals surface area contributed by atoms with E-state index in [0.29, 0.717) is 57.4 Å². The number of aromatic nitrogens is 2. The molecular weight excluding hydrogens is 475 g/mol. The van der Waals surface area contributed by atoms with Gasteiger partial charge in [-0.1, -0.05) is 6.92 Å². The predicted molar refractivity (Wildman–Crippen MR) is 126 cm³/mol. The van der Waals surface area contributed by atoms with Crippen molar-refractivity contribution in [2.75, 3.05) is 57.5 Å². The third kappa shape index (κ3) is 5.19. The second kappa shape index (κ2) is 10.4. The maximum absolute atomic E-state index is 14.1. The van der Waals surface area contributed by atoms with Crippen molar-refractivity contribution in [1.29, 1.82) is 0 Å². The Balaban J connectivity index is 1.25. The second-order valence-corrected chi connectivity index (χ2v) is 10.8. The molecule has 5 atom stereocenters. The molecule has 3 aliphatic heterocycles. The van der Waals surface area contributed by atoms with E-state index < -0.39 is 17.3 Å². The maximum atomic E-state index is 14.1. The molecule has 1 aromatic rings. The number of amides is 1. The number of hydrogen-bond acceptors (Lipinski definition) is 7. The van der Waals surface area contributed by atoms with Crippen molar-refractivity contribution in [3.05, 3.63) is 18.0 Å². The lowest BCUT2D eigenvalue weighted by Gasteiger charge is -2.42. The molecule has 1 amide bonds. The summed E-state index contributed by atoms with van der Waals surface area (Å²) in [5, 5.41) is 3.84. The average Bonchev–Trinajstić information content (AvgIpc) is 3.56. The summed E-state index contributed by atoms with van der Waals surface area (Å²) in [7, 11) is 0. The lowest BCUT2D eigenvalue weighted by atomic mass is 9.71. The highest BCUT2D eigenvalue weighted by Crippen LogP contribution is 2.49. The molecule has 0 bridgehead atoms. The van der Waals surface area contributed by atoms with Gasteiger partial charge in [-0.15, -0.1) is 0 Å². The van der Waals surface area contributed by atoms with Crippen LogP contribution in [0.25, 0.3) is 0 Å². The molecule has 1 aliphatic carbocycles. The number of hydrogen-bond donors (Lipinski definition) is 1. The third-order valence-corrected chi connectivity index (χ3v) is 8.56. The van der Waals surface area contributed by atoms with Crippen molar-refractivity contribution in [3.63, 3.8) is 0 Å². The Morgan fingerprint density at radius 1 is 1.11 bits per heavy atom. The zero-order valence-electron chi connectivity index (χ0n) is 20.8. The van der Waals surface area contributed by atoms with Crippen molar-refractivity contribution in [3.8, 4) is 0 Å². The fourth-order valence-electron chi connectivity index (χ4n) is 6.44. The van der Waals surface area contributed by atoms with Crippen LogP contribution in [0, 0.1) is 17.3 Å². The Bertz CT molecular complexity index is 920. The second-order valence-electron chi connectivity index (χ2n) is 10.8. The first kappa shape index (κ1) is 25.7. The summed E-state index contributed by atoms with van der Waals surface area (Å²) in [6, 6.07) is 1.58.